The standard InChI is InChI=1S/C29H28NO4/c1-19-10-12-20(13-11-19)16-30(21-6-2-3-7-21)24-9-5-4-8-22(24)29(28(30)31)17-32-25-15-27-26(14-23(25)29)33-18-34-27/h4-5,8-15,21H,2-3,6-7,16-18H2,1H3/q+1. The van der Waals surface area contributed by atoms with Crippen molar-refractivity contribution in [3.05, 3.63) is 82.9 Å². The molecule has 2 unspecified atom stereocenters. The van der Waals surface area contributed by atoms with Crippen LogP contribution in [0.3, 0.4) is 0 Å². The SMILES string of the molecule is Cc1ccc(C[N+]2(C3CCCC3)C(=O)C3(COc4cc5c(cc43)OCO5)c3ccccc32)cc1. The molecule has 2 atom stereocenters. The molecule has 1 saturated carbocycles. The Balaban J connectivity index is 1.46. The van der Waals surface area contributed by atoms with Gasteiger partial charge in [0.25, 0.3) is 0 Å². The van der Waals surface area contributed by atoms with Crippen molar-refractivity contribution < 1.29 is 19.0 Å². The van der Waals surface area contributed by atoms with Crippen LogP contribution in [0, 0.1) is 6.92 Å². The van der Waals surface area contributed by atoms with Crippen LogP contribution in [0.5, 0.6) is 17.2 Å². The highest BCUT2D eigenvalue weighted by Crippen LogP contribution is 2.59. The molecule has 172 valence electrons. The molecule has 1 spiro atoms. The summed E-state index contributed by atoms with van der Waals surface area (Å²) in [6, 6.07) is 21.3. The second kappa shape index (κ2) is 7.09. The maximum atomic E-state index is 15.0. The molecule has 5 heteroatoms. The zero-order valence-electron chi connectivity index (χ0n) is 19.4. The van der Waals surface area contributed by atoms with Crippen LogP contribution in [0.4, 0.5) is 5.69 Å². The fourth-order valence-corrected chi connectivity index (χ4v) is 6.76. The van der Waals surface area contributed by atoms with Crippen LogP contribution >= 0.6 is 0 Å². The van der Waals surface area contributed by atoms with Crippen molar-refractivity contribution >= 4 is 11.6 Å². The topological polar surface area (TPSA) is 44.8 Å². The summed E-state index contributed by atoms with van der Waals surface area (Å²) >= 11 is 0. The molecule has 0 aromatic heterocycles. The van der Waals surface area contributed by atoms with Crippen LogP contribution < -0.4 is 18.7 Å². The summed E-state index contributed by atoms with van der Waals surface area (Å²) in [5, 5.41) is 0. The maximum Gasteiger partial charge on any atom is 0.338 e. The largest absolute Gasteiger partial charge is 0.491 e. The molecular formula is C29H28NO4+. The number of aryl methyl sites for hydroxylation is 1. The Labute approximate surface area is 199 Å². The first-order valence-corrected chi connectivity index (χ1v) is 12.3. The number of carbonyl (C=O) groups excluding carboxylic acids is 1. The van der Waals surface area contributed by atoms with Gasteiger partial charge in [0, 0.05) is 35.6 Å². The number of benzene rings is 3. The van der Waals surface area contributed by atoms with Crippen LogP contribution in [0.15, 0.2) is 60.7 Å². The molecule has 1 amide bonds. The van der Waals surface area contributed by atoms with Crippen LogP contribution in [-0.4, -0.2) is 25.3 Å². The molecule has 3 aliphatic heterocycles. The van der Waals surface area contributed by atoms with Gasteiger partial charge in [0.2, 0.25) is 6.79 Å². The van der Waals surface area contributed by atoms with E-state index in [0.29, 0.717) is 29.1 Å². The van der Waals surface area contributed by atoms with E-state index in [4.69, 9.17) is 14.2 Å². The molecule has 4 aliphatic rings. The number of fused-ring (bicyclic) bond motifs is 5. The van der Waals surface area contributed by atoms with Gasteiger partial charge in [-0.3, -0.25) is 0 Å². The van der Waals surface area contributed by atoms with E-state index in [-0.39, 0.29) is 18.7 Å². The Morgan fingerprint density at radius 3 is 2.41 bits per heavy atom. The fraction of sp³-hybridized carbons (Fsp3) is 0.345. The smallest absolute Gasteiger partial charge is 0.338 e. The second-order valence-corrected chi connectivity index (χ2v) is 10.2. The van der Waals surface area contributed by atoms with Gasteiger partial charge in [-0.15, -0.1) is 0 Å². The van der Waals surface area contributed by atoms with E-state index in [2.05, 4.69) is 55.5 Å². The molecule has 0 saturated heterocycles. The third-order valence-electron chi connectivity index (χ3n) is 8.40. The molecule has 3 heterocycles. The third kappa shape index (κ3) is 2.51. The van der Waals surface area contributed by atoms with Crippen LogP contribution in [-0.2, 0) is 16.8 Å². The summed E-state index contributed by atoms with van der Waals surface area (Å²) < 4.78 is 17.9. The summed E-state index contributed by atoms with van der Waals surface area (Å²) in [5.41, 5.74) is 4.72. The van der Waals surface area contributed by atoms with E-state index in [9.17, 15) is 0 Å². The number of hydrogen-bond donors (Lipinski definition) is 0. The number of ether oxygens (including phenoxy) is 3. The highest BCUT2D eigenvalue weighted by atomic mass is 16.7. The van der Waals surface area contributed by atoms with Crippen LogP contribution in [0.1, 0.15) is 47.9 Å². The minimum absolute atomic E-state index is 0.200. The lowest BCUT2D eigenvalue weighted by molar-refractivity contribution is -0.136. The van der Waals surface area contributed by atoms with Gasteiger partial charge >= 0.3 is 5.91 Å². The van der Waals surface area contributed by atoms with Crippen molar-refractivity contribution in [1.82, 2.24) is 4.48 Å². The van der Waals surface area contributed by atoms with Gasteiger partial charge in [-0.1, -0.05) is 48.0 Å². The lowest BCUT2D eigenvalue weighted by atomic mass is 9.77. The highest BCUT2D eigenvalue weighted by Gasteiger charge is 2.68. The Morgan fingerprint density at radius 2 is 1.62 bits per heavy atom. The summed E-state index contributed by atoms with van der Waals surface area (Å²) in [6.07, 6.45) is 4.48. The van der Waals surface area contributed by atoms with Crippen LogP contribution in [0.2, 0.25) is 0 Å². The number of nitrogens with zero attached hydrogens (tertiary/aromatic N) is 1. The van der Waals surface area contributed by atoms with Gasteiger partial charge in [-0.2, -0.15) is 0 Å². The number of quaternary nitrogens is 1. The molecule has 34 heavy (non-hydrogen) atoms. The Kier molecular flexibility index (Phi) is 4.19. The van der Waals surface area contributed by atoms with Gasteiger partial charge in [0.15, 0.2) is 16.9 Å². The molecular weight excluding hydrogens is 426 g/mol. The predicted molar refractivity (Wildman–Crippen MR) is 129 cm³/mol. The zero-order valence-corrected chi connectivity index (χ0v) is 19.4. The van der Waals surface area contributed by atoms with Crippen molar-refractivity contribution in [3.8, 4) is 17.2 Å². The normalized spacial score (nSPS) is 26.7. The highest BCUT2D eigenvalue weighted by molar-refractivity contribution is 6.08. The van der Waals surface area contributed by atoms with E-state index in [1.54, 1.807) is 0 Å². The molecule has 1 aliphatic carbocycles. The molecule has 7 rings (SSSR count). The average molecular weight is 455 g/mol. The number of rotatable bonds is 3. The van der Waals surface area contributed by atoms with Gasteiger partial charge in [-0.05, 0) is 31.9 Å². The van der Waals surface area contributed by atoms with Crippen LogP contribution in [0.25, 0.3) is 0 Å². The fourth-order valence-electron chi connectivity index (χ4n) is 6.76. The van der Waals surface area contributed by atoms with Gasteiger partial charge < -0.3 is 14.2 Å². The third-order valence-corrected chi connectivity index (χ3v) is 8.40. The van der Waals surface area contributed by atoms with E-state index >= 15 is 4.79 Å². The lowest BCUT2D eigenvalue weighted by Crippen LogP contribution is -2.61. The van der Waals surface area contributed by atoms with Gasteiger partial charge in [0.1, 0.15) is 30.6 Å². The first-order valence-electron chi connectivity index (χ1n) is 12.3. The number of para-hydroxylation sites is 1. The second-order valence-electron chi connectivity index (χ2n) is 10.2. The molecule has 0 radical (unpaired) electrons. The average Bonchev–Trinajstić information content (AvgIpc) is 3.64. The molecule has 0 N–H and O–H groups in total. The van der Waals surface area contributed by atoms with E-state index in [0.717, 1.165) is 35.4 Å². The Hall–Kier alpha value is -3.31. The van der Waals surface area contributed by atoms with E-state index in [1.807, 2.05) is 12.1 Å². The van der Waals surface area contributed by atoms with E-state index < -0.39 is 5.41 Å². The molecule has 3 aromatic carbocycles. The summed E-state index contributed by atoms with van der Waals surface area (Å²) in [7, 11) is 0. The lowest BCUT2D eigenvalue weighted by Gasteiger charge is -2.39. The number of amides is 1. The first-order chi connectivity index (χ1) is 16.6. The maximum absolute atomic E-state index is 15.0. The van der Waals surface area contributed by atoms with Crippen molar-refractivity contribution in [2.75, 3.05) is 13.4 Å². The monoisotopic (exact) mass is 454 g/mol. The van der Waals surface area contributed by atoms with Crippen molar-refractivity contribution in [2.45, 2.75) is 50.6 Å². The minimum Gasteiger partial charge on any atom is -0.491 e. The summed E-state index contributed by atoms with van der Waals surface area (Å²) in [6.45, 7) is 3.29. The summed E-state index contributed by atoms with van der Waals surface area (Å²) in [5.74, 6) is 2.34. The van der Waals surface area contributed by atoms with Gasteiger partial charge in [-0.25, -0.2) is 9.28 Å². The first kappa shape index (κ1) is 20.1. The van der Waals surface area contributed by atoms with Crippen molar-refractivity contribution in [1.29, 1.82) is 0 Å². The Bertz CT molecular complexity index is 1310. The number of carbonyl (C=O) groups is 1. The molecule has 3 aromatic rings. The van der Waals surface area contributed by atoms with Crippen molar-refractivity contribution in [2.24, 2.45) is 0 Å². The molecule has 1 fully saturated rings. The minimum atomic E-state index is -0.833. The van der Waals surface area contributed by atoms with Crippen molar-refractivity contribution in [3.63, 3.8) is 0 Å². The Morgan fingerprint density at radius 1 is 0.882 bits per heavy atom. The zero-order chi connectivity index (χ0) is 22.9. The molecule has 5 nitrogen and oxygen atoms in total. The summed E-state index contributed by atoms with van der Waals surface area (Å²) in [4.78, 5) is 15.0. The van der Waals surface area contributed by atoms with E-state index in [1.165, 1.54) is 24.0 Å². The predicted octanol–water partition coefficient (Wildman–Crippen LogP) is 5.39. The number of hydrogen-bond acceptors (Lipinski definition) is 4. The quantitative estimate of drug-likeness (QED) is 0.498. The van der Waals surface area contributed by atoms with Gasteiger partial charge in [0.05, 0.1) is 0 Å². The molecule has 0 bridgehead atoms.